The molecule has 12 heavy (non-hydrogen) atoms. The number of aryl methyl sites for hydroxylation is 1. The molecule has 3 heteroatoms. The van der Waals surface area contributed by atoms with Gasteiger partial charge in [0.25, 0.3) is 0 Å². The van der Waals surface area contributed by atoms with E-state index in [1.165, 1.54) is 5.69 Å². The minimum Gasteiger partial charge on any atom is -0.335 e. The molecule has 0 aliphatic carbocycles. The van der Waals surface area contributed by atoms with Gasteiger partial charge in [0.05, 0.1) is 0 Å². The van der Waals surface area contributed by atoms with E-state index in [0.717, 1.165) is 11.2 Å². The SMILES string of the molecule is CCc1cn(C(C)(C)C)c(=S)[nH]1. The van der Waals surface area contributed by atoms with Gasteiger partial charge in [-0.05, 0) is 39.4 Å². The van der Waals surface area contributed by atoms with Crippen molar-refractivity contribution >= 4 is 12.2 Å². The van der Waals surface area contributed by atoms with Crippen LogP contribution in [0.15, 0.2) is 6.20 Å². The topological polar surface area (TPSA) is 20.7 Å². The number of hydrogen-bond donors (Lipinski definition) is 1. The molecule has 2 nitrogen and oxygen atoms in total. The van der Waals surface area contributed by atoms with Crippen molar-refractivity contribution in [1.29, 1.82) is 0 Å². The van der Waals surface area contributed by atoms with E-state index in [1.807, 2.05) is 0 Å². The Balaban J connectivity index is 3.17. The Hall–Kier alpha value is -0.570. The van der Waals surface area contributed by atoms with Gasteiger partial charge in [0, 0.05) is 17.4 Å². The summed E-state index contributed by atoms with van der Waals surface area (Å²) in [5.74, 6) is 0. The van der Waals surface area contributed by atoms with Crippen molar-refractivity contribution in [2.75, 3.05) is 0 Å². The Morgan fingerprint density at radius 1 is 1.50 bits per heavy atom. The third-order valence-corrected chi connectivity index (χ3v) is 2.17. The molecule has 0 aromatic carbocycles. The van der Waals surface area contributed by atoms with Gasteiger partial charge < -0.3 is 9.55 Å². The molecule has 0 saturated carbocycles. The molecule has 0 spiro atoms. The van der Waals surface area contributed by atoms with Gasteiger partial charge in [-0.2, -0.15) is 0 Å². The van der Waals surface area contributed by atoms with Gasteiger partial charge >= 0.3 is 0 Å². The maximum atomic E-state index is 5.19. The van der Waals surface area contributed by atoms with Crippen LogP contribution in [0.4, 0.5) is 0 Å². The van der Waals surface area contributed by atoms with Gasteiger partial charge in [0.1, 0.15) is 0 Å². The van der Waals surface area contributed by atoms with Crippen molar-refractivity contribution in [2.24, 2.45) is 0 Å². The number of aromatic nitrogens is 2. The first-order valence-electron chi connectivity index (χ1n) is 4.26. The fourth-order valence-electron chi connectivity index (χ4n) is 1.12. The molecule has 1 heterocycles. The van der Waals surface area contributed by atoms with E-state index >= 15 is 0 Å². The zero-order chi connectivity index (χ0) is 9.35. The average Bonchev–Trinajstić information content (AvgIpc) is 2.29. The molecule has 68 valence electrons. The molecule has 0 fully saturated rings. The van der Waals surface area contributed by atoms with Crippen LogP contribution in [-0.4, -0.2) is 9.55 Å². The number of imidazole rings is 1. The predicted octanol–water partition coefficient (Wildman–Crippen LogP) is 2.86. The van der Waals surface area contributed by atoms with Crippen molar-refractivity contribution < 1.29 is 0 Å². The van der Waals surface area contributed by atoms with Crippen LogP contribution in [-0.2, 0) is 12.0 Å². The number of nitrogens with zero attached hydrogens (tertiary/aromatic N) is 1. The highest BCUT2D eigenvalue weighted by atomic mass is 32.1. The first-order chi connectivity index (χ1) is 5.45. The summed E-state index contributed by atoms with van der Waals surface area (Å²) in [6, 6.07) is 0. The summed E-state index contributed by atoms with van der Waals surface area (Å²) in [7, 11) is 0. The van der Waals surface area contributed by atoms with Crippen molar-refractivity contribution in [1.82, 2.24) is 9.55 Å². The zero-order valence-corrected chi connectivity index (χ0v) is 8.96. The lowest BCUT2D eigenvalue weighted by atomic mass is 10.1. The molecule has 1 N–H and O–H groups in total. The van der Waals surface area contributed by atoms with Gasteiger partial charge in [-0.25, -0.2) is 0 Å². The van der Waals surface area contributed by atoms with Crippen LogP contribution in [0.5, 0.6) is 0 Å². The molecular weight excluding hydrogens is 168 g/mol. The van der Waals surface area contributed by atoms with Crippen LogP contribution < -0.4 is 0 Å². The minimum atomic E-state index is 0.0843. The molecule has 0 aliphatic rings. The van der Waals surface area contributed by atoms with E-state index in [1.54, 1.807) is 0 Å². The molecule has 0 saturated heterocycles. The van der Waals surface area contributed by atoms with Crippen LogP contribution in [0.1, 0.15) is 33.4 Å². The van der Waals surface area contributed by atoms with E-state index in [2.05, 4.69) is 43.4 Å². The molecular formula is C9H16N2S. The Labute approximate surface area is 78.6 Å². The van der Waals surface area contributed by atoms with Crippen molar-refractivity contribution in [3.8, 4) is 0 Å². The van der Waals surface area contributed by atoms with Gasteiger partial charge in [0.15, 0.2) is 4.77 Å². The van der Waals surface area contributed by atoms with Gasteiger partial charge in [0.2, 0.25) is 0 Å². The average molecular weight is 184 g/mol. The molecule has 1 aromatic rings. The lowest BCUT2D eigenvalue weighted by Crippen LogP contribution is -2.20. The van der Waals surface area contributed by atoms with Crippen LogP contribution in [0, 0.1) is 4.77 Å². The Kier molecular flexibility index (Phi) is 2.42. The first kappa shape index (κ1) is 9.52. The maximum absolute atomic E-state index is 5.19. The van der Waals surface area contributed by atoms with Crippen LogP contribution >= 0.6 is 12.2 Å². The molecule has 0 atom stereocenters. The second-order valence-corrected chi connectivity index (χ2v) is 4.37. The van der Waals surface area contributed by atoms with Crippen molar-refractivity contribution in [3.63, 3.8) is 0 Å². The monoisotopic (exact) mass is 184 g/mol. The molecule has 0 bridgehead atoms. The van der Waals surface area contributed by atoms with E-state index in [0.29, 0.717) is 0 Å². The highest BCUT2D eigenvalue weighted by Crippen LogP contribution is 2.15. The van der Waals surface area contributed by atoms with Gasteiger partial charge in [-0.3, -0.25) is 0 Å². The lowest BCUT2D eigenvalue weighted by molar-refractivity contribution is 0.392. The van der Waals surface area contributed by atoms with Crippen molar-refractivity contribution in [3.05, 3.63) is 16.7 Å². The Morgan fingerprint density at radius 3 is 2.33 bits per heavy atom. The zero-order valence-electron chi connectivity index (χ0n) is 8.14. The summed E-state index contributed by atoms with van der Waals surface area (Å²) in [5, 5.41) is 0. The third kappa shape index (κ3) is 1.78. The maximum Gasteiger partial charge on any atom is 0.177 e. The molecule has 0 unspecified atom stereocenters. The van der Waals surface area contributed by atoms with Crippen LogP contribution in [0.25, 0.3) is 0 Å². The number of aromatic amines is 1. The van der Waals surface area contributed by atoms with Crippen LogP contribution in [0.3, 0.4) is 0 Å². The van der Waals surface area contributed by atoms with E-state index in [4.69, 9.17) is 12.2 Å². The number of nitrogens with one attached hydrogen (secondary N) is 1. The first-order valence-corrected chi connectivity index (χ1v) is 4.67. The fraction of sp³-hybridized carbons (Fsp3) is 0.667. The Morgan fingerprint density at radius 2 is 2.08 bits per heavy atom. The molecule has 0 radical (unpaired) electrons. The Bertz CT molecular complexity index is 314. The highest BCUT2D eigenvalue weighted by molar-refractivity contribution is 7.71. The van der Waals surface area contributed by atoms with E-state index < -0.39 is 0 Å². The number of H-pyrrole nitrogens is 1. The van der Waals surface area contributed by atoms with Gasteiger partial charge in [-0.1, -0.05) is 6.92 Å². The summed E-state index contributed by atoms with van der Waals surface area (Å²) in [4.78, 5) is 3.18. The normalized spacial score (nSPS) is 12.0. The number of hydrogen-bond acceptors (Lipinski definition) is 1. The van der Waals surface area contributed by atoms with E-state index in [9.17, 15) is 0 Å². The van der Waals surface area contributed by atoms with E-state index in [-0.39, 0.29) is 5.54 Å². The molecule has 1 aromatic heterocycles. The second kappa shape index (κ2) is 3.05. The van der Waals surface area contributed by atoms with Crippen LogP contribution in [0.2, 0.25) is 0 Å². The smallest absolute Gasteiger partial charge is 0.177 e. The van der Waals surface area contributed by atoms with Gasteiger partial charge in [-0.15, -0.1) is 0 Å². The summed E-state index contributed by atoms with van der Waals surface area (Å²) < 4.78 is 2.92. The highest BCUT2D eigenvalue weighted by Gasteiger charge is 2.13. The summed E-state index contributed by atoms with van der Waals surface area (Å²) in [6.45, 7) is 8.57. The summed E-state index contributed by atoms with van der Waals surface area (Å²) in [6.07, 6.45) is 3.11. The summed E-state index contributed by atoms with van der Waals surface area (Å²) >= 11 is 5.19. The molecule has 0 amide bonds. The fourth-order valence-corrected chi connectivity index (χ4v) is 1.58. The molecule has 1 rings (SSSR count). The lowest BCUT2D eigenvalue weighted by Gasteiger charge is -2.20. The second-order valence-electron chi connectivity index (χ2n) is 3.98. The molecule has 0 aliphatic heterocycles. The standard InChI is InChI=1S/C9H16N2S/c1-5-7-6-11(8(12)10-7)9(2,3)4/h6H,5H2,1-4H3,(H,10,12). The third-order valence-electron chi connectivity index (χ3n) is 1.87. The number of rotatable bonds is 1. The quantitative estimate of drug-likeness (QED) is 0.666. The minimum absolute atomic E-state index is 0.0843. The summed E-state index contributed by atoms with van der Waals surface area (Å²) in [5.41, 5.74) is 1.29. The van der Waals surface area contributed by atoms with Crippen molar-refractivity contribution in [2.45, 2.75) is 39.7 Å². The largest absolute Gasteiger partial charge is 0.335 e. The predicted molar refractivity (Wildman–Crippen MR) is 54.0 cm³/mol.